The first kappa shape index (κ1) is 7.07. The van der Waals surface area contributed by atoms with Crippen LogP contribution in [0.1, 0.15) is 12.8 Å². The molecule has 0 N–H and O–H groups in total. The van der Waals surface area contributed by atoms with Gasteiger partial charge in [0.1, 0.15) is 0 Å². The van der Waals surface area contributed by atoms with E-state index < -0.39 is 0 Å². The van der Waals surface area contributed by atoms with E-state index in [1.165, 1.54) is 0 Å². The van der Waals surface area contributed by atoms with Crippen molar-refractivity contribution in [3.05, 3.63) is 48.6 Å². The highest BCUT2D eigenvalue weighted by Crippen LogP contribution is 1.93. The molecule has 0 fully saturated rings. The molecule has 0 aliphatic heterocycles. The zero-order valence-electron chi connectivity index (χ0n) is 5.96. The Morgan fingerprint density at radius 3 is 2.60 bits per heavy atom. The van der Waals surface area contributed by atoms with Gasteiger partial charge < -0.3 is 0 Å². The first-order chi connectivity index (χ1) is 5.00. The van der Waals surface area contributed by atoms with Gasteiger partial charge in [0.25, 0.3) is 0 Å². The molecule has 1 aliphatic carbocycles. The van der Waals surface area contributed by atoms with Crippen LogP contribution in [0, 0.1) is 6.08 Å². The SMILES string of the molecule is [C]1=C\C/C=C\C=C/C\C=C/1. The number of allylic oxidation sites excluding steroid dienone is 8. The Morgan fingerprint density at radius 1 is 0.900 bits per heavy atom. The Balaban J connectivity index is 2.50. The van der Waals surface area contributed by atoms with Crippen LogP contribution in [0.25, 0.3) is 0 Å². The first-order valence-electron chi connectivity index (χ1n) is 3.54. The number of hydrogen-bond donors (Lipinski definition) is 0. The summed E-state index contributed by atoms with van der Waals surface area (Å²) in [7, 11) is 0. The minimum absolute atomic E-state index is 0.981. The first-order valence-corrected chi connectivity index (χ1v) is 3.54. The molecule has 1 aliphatic rings. The molecule has 0 heteroatoms. The quantitative estimate of drug-likeness (QED) is 0.474. The molecule has 10 heavy (non-hydrogen) atoms. The van der Waals surface area contributed by atoms with Crippen LogP contribution < -0.4 is 0 Å². The van der Waals surface area contributed by atoms with E-state index in [4.69, 9.17) is 0 Å². The second-order valence-electron chi connectivity index (χ2n) is 2.10. The van der Waals surface area contributed by atoms with E-state index in [1.807, 2.05) is 12.2 Å². The van der Waals surface area contributed by atoms with Crippen LogP contribution in [0.4, 0.5) is 0 Å². The van der Waals surface area contributed by atoms with Gasteiger partial charge in [0.2, 0.25) is 0 Å². The van der Waals surface area contributed by atoms with Gasteiger partial charge in [0, 0.05) is 0 Å². The fraction of sp³-hybridized carbons (Fsp3) is 0.200. The van der Waals surface area contributed by atoms with Crippen LogP contribution in [0.3, 0.4) is 0 Å². The molecule has 1 rings (SSSR count). The van der Waals surface area contributed by atoms with Crippen molar-refractivity contribution in [3.63, 3.8) is 0 Å². The van der Waals surface area contributed by atoms with Gasteiger partial charge in [-0.05, 0) is 18.9 Å². The Labute approximate surface area is 62.3 Å². The molecule has 0 saturated heterocycles. The standard InChI is InChI=1S/C10H11/c1-2-4-6-8-10-9-7-5-3-1/h1-4,7-9H,5-6H2/b3-1-,4-2-,9-7-,10-8?. The summed E-state index contributed by atoms with van der Waals surface area (Å²) < 4.78 is 0. The summed E-state index contributed by atoms with van der Waals surface area (Å²) >= 11 is 0. The molecule has 0 aromatic heterocycles. The monoisotopic (exact) mass is 131 g/mol. The van der Waals surface area contributed by atoms with Crippen molar-refractivity contribution in [2.45, 2.75) is 12.8 Å². The largest absolute Gasteiger partial charge is 0.0807 e. The van der Waals surface area contributed by atoms with Gasteiger partial charge in [-0.25, -0.2) is 0 Å². The van der Waals surface area contributed by atoms with Crippen LogP contribution in [-0.2, 0) is 0 Å². The fourth-order valence-electron chi connectivity index (χ4n) is 0.733. The predicted molar refractivity (Wildman–Crippen MR) is 44.5 cm³/mol. The van der Waals surface area contributed by atoms with Crippen LogP contribution in [-0.4, -0.2) is 0 Å². The fourth-order valence-corrected chi connectivity index (χ4v) is 0.733. The van der Waals surface area contributed by atoms with Crippen LogP contribution in [0.5, 0.6) is 0 Å². The predicted octanol–water partition coefficient (Wildman–Crippen LogP) is 2.81. The molecule has 1 radical (unpaired) electrons. The van der Waals surface area contributed by atoms with Gasteiger partial charge in [0.05, 0.1) is 0 Å². The van der Waals surface area contributed by atoms with Crippen LogP contribution >= 0.6 is 0 Å². The summed E-state index contributed by atoms with van der Waals surface area (Å²) in [5, 5.41) is 0. The molecule has 0 saturated carbocycles. The Morgan fingerprint density at radius 2 is 1.70 bits per heavy atom. The Hall–Kier alpha value is -1.04. The summed E-state index contributed by atoms with van der Waals surface area (Å²) in [6.45, 7) is 0. The molecule has 0 amide bonds. The molecular weight excluding hydrogens is 120 g/mol. The van der Waals surface area contributed by atoms with Crippen molar-refractivity contribution in [3.8, 4) is 0 Å². The van der Waals surface area contributed by atoms with E-state index in [2.05, 4.69) is 36.5 Å². The van der Waals surface area contributed by atoms with E-state index in [1.54, 1.807) is 0 Å². The minimum Gasteiger partial charge on any atom is -0.0807 e. The van der Waals surface area contributed by atoms with E-state index >= 15 is 0 Å². The van der Waals surface area contributed by atoms with Crippen molar-refractivity contribution in [1.82, 2.24) is 0 Å². The maximum absolute atomic E-state index is 3.06. The third-order valence-electron chi connectivity index (χ3n) is 1.24. The third kappa shape index (κ3) is 3.08. The number of hydrogen-bond acceptors (Lipinski definition) is 0. The van der Waals surface area contributed by atoms with Gasteiger partial charge in [-0.15, -0.1) is 0 Å². The normalized spacial score (nSPS) is 30.4. The van der Waals surface area contributed by atoms with Crippen molar-refractivity contribution in [2.75, 3.05) is 0 Å². The zero-order chi connectivity index (χ0) is 7.07. The molecular formula is C10H11. The summed E-state index contributed by atoms with van der Waals surface area (Å²) in [6, 6.07) is 0. The topological polar surface area (TPSA) is 0 Å². The van der Waals surface area contributed by atoms with E-state index in [9.17, 15) is 0 Å². The maximum Gasteiger partial charge on any atom is -0.0157 e. The third-order valence-corrected chi connectivity index (χ3v) is 1.24. The second-order valence-corrected chi connectivity index (χ2v) is 2.10. The lowest BCUT2D eigenvalue weighted by atomic mass is 10.2. The molecule has 0 atom stereocenters. The second kappa shape index (κ2) is 4.80. The van der Waals surface area contributed by atoms with Crippen LogP contribution in [0.2, 0.25) is 0 Å². The maximum atomic E-state index is 3.06. The lowest BCUT2D eigenvalue weighted by Crippen LogP contribution is -1.63. The molecule has 0 nitrogen and oxygen atoms in total. The molecule has 0 unspecified atom stereocenters. The van der Waals surface area contributed by atoms with Gasteiger partial charge in [-0.2, -0.15) is 0 Å². The molecule has 51 valence electrons. The van der Waals surface area contributed by atoms with Gasteiger partial charge >= 0.3 is 0 Å². The lowest BCUT2D eigenvalue weighted by Gasteiger charge is -1.83. The highest BCUT2D eigenvalue weighted by atomic mass is 13.8. The van der Waals surface area contributed by atoms with Crippen molar-refractivity contribution >= 4 is 0 Å². The summed E-state index contributed by atoms with van der Waals surface area (Å²) in [5.74, 6) is 0. The summed E-state index contributed by atoms with van der Waals surface area (Å²) in [6.07, 6.45) is 19.5. The van der Waals surface area contributed by atoms with E-state index in [-0.39, 0.29) is 0 Å². The summed E-state index contributed by atoms with van der Waals surface area (Å²) in [4.78, 5) is 0. The van der Waals surface area contributed by atoms with Crippen molar-refractivity contribution in [2.24, 2.45) is 0 Å². The highest BCUT2D eigenvalue weighted by Gasteiger charge is 1.73. The number of rotatable bonds is 0. The molecule has 0 spiro atoms. The average Bonchev–Trinajstić information content (AvgIpc) is 2.01. The Bertz CT molecular complexity index is 138. The molecule has 0 heterocycles. The minimum atomic E-state index is 0.981. The molecule has 0 aromatic rings. The molecule has 0 bridgehead atoms. The van der Waals surface area contributed by atoms with Crippen LogP contribution in [0.15, 0.2) is 42.5 Å². The Kier molecular flexibility index (Phi) is 3.40. The van der Waals surface area contributed by atoms with Gasteiger partial charge in [-0.3, -0.25) is 0 Å². The van der Waals surface area contributed by atoms with E-state index in [0.29, 0.717) is 0 Å². The smallest absolute Gasteiger partial charge is 0.0157 e. The molecule has 0 aromatic carbocycles. The highest BCUT2D eigenvalue weighted by molar-refractivity contribution is 5.09. The lowest BCUT2D eigenvalue weighted by molar-refractivity contribution is 1.34. The zero-order valence-corrected chi connectivity index (χ0v) is 5.96. The van der Waals surface area contributed by atoms with Crippen molar-refractivity contribution in [1.29, 1.82) is 0 Å². The summed E-state index contributed by atoms with van der Waals surface area (Å²) in [5.41, 5.74) is 0. The van der Waals surface area contributed by atoms with Gasteiger partial charge in [-0.1, -0.05) is 42.5 Å². The average molecular weight is 131 g/mol. The van der Waals surface area contributed by atoms with E-state index in [0.717, 1.165) is 12.8 Å². The van der Waals surface area contributed by atoms with Gasteiger partial charge in [0.15, 0.2) is 0 Å². The van der Waals surface area contributed by atoms with Crippen molar-refractivity contribution < 1.29 is 0 Å².